The molecule has 0 radical (unpaired) electrons. The Labute approximate surface area is 166 Å². The van der Waals surface area contributed by atoms with Crippen molar-refractivity contribution in [2.75, 3.05) is 12.4 Å². The average Bonchev–Trinajstić information content (AvgIpc) is 3.40. The summed E-state index contributed by atoms with van der Waals surface area (Å²) in [5.74, 6) is 2.16. The van der Waals surface area contributed by atoms with Crippen molar-refractivity contribution in [3.8, 4) is 17.1 Å². The molecule has 0 atom stereocenters. The van der Waals surface area contributed by atoms with Gasteiger partial charge in [-0.3, -0.25) is 9.36 Å². The lowest BCUT2D eigenvalue weighted by Crippen LogP contribution is -2.02. The number of hydrogen-bond donors (Lipinski definition) is 1. The number of ether oxygens (including phenoxy) is 1. The van der Waals surface area contributed by atoms with Gasteiger partial charge in [0, 0.05) is 44.9 Å². The number of rotatable bonds is 4. The molecule has 5 aromatic heterocycles. The SMILES string of the molecule is COc1cc(Nc2cc(-c3ccc4ccn(C)c4n3)nn2C)nc2c1cnn2C. The van der Waals surface area contributed by atoms with E-state index in [1.807, 2.05) is 56.2 Å². The molecule has 0 aliphatic heterocycles. The molecule has 0 amide bonds. The van der Waals surface area contributed by atoms with Gasteiger partial charge in [-0.15, -0.1) is 0 Å². The van der Waals surface area contributed by atoms with Crippen molar-refractivity contribution in [1.29, 1.82) is 0 Å². The van der Waals surface area contributed by atoms with Gasteiger partial charge in [0.1, 0.15) is 28.7 Å². The smallest absolute Gasteiger partial charge is 0.163 e. The lowest BCUT2D eigenvalue weighted by molar-refractivity contribution is 0.419. The van der Waals surface area contributed by atoms with Crippen molar-refractivity contribution in [2.24, 2.45) is 21.1 Å². The number of methoxy groups -OCH3 is 1. The average molecular weight is 388 g/mol. The van der Waals surface area contributed by atoms with E-state index in [0.717, 1.165) is 39.3 Å². The molecule has 9 heteroatoms. The summed E-state index contributed by atoms with van der Waals surface area (Å²) in [5.41, 5.74) is 3.27. The topological polar surface area (TPSA) is 87.6 Å². The second-order valence-corrected chi connectivity index (χ2v) is 6.91. The van der Waals surface area contributed by atoms with Gasteiger partial charge in [-0.25, -0.2) is 9.97 Å². The lowest BCUT2D eigenvalue weighted by atomic mass is 10.2. The number of anilines is 2. The van der Waals surface area contributed by atoms with Crippen LogP contribution in [0.25, 0.3) is 33.5 Å². The van der Waals surface area contributed by atoms with Crippen LogP contribution >= 0.6 is 0 Å². The first-order chi connectivity index (χ1) is 14.0. The molecule has 0 fully saturated rings. The minimum absolute atomic E-state index is 0.651. The van der Waals surface area contributed by atoms with E-state index in [1.54, 1.807) is 22.7 Å². The summed E-state index contributed by atoms with van der Waals surface area (Å²) in [5, 5.41) is 14.2. The molecule has 0 aliphatic carbocycles. The van der Waals surface area contributed by atoms with E-state index >= 15 is 0 Å². The van der Waals surface area contributed by atoms with Crippen molar-refractivity contribution < 1.29 is 4.74 Å². The summed E-state index contributed by atoms with van der Waals surface area (Å²) in [6, 6.07) is 9.90. The molecule has 0 saturated heterocycles. The van der Waals surface area contributed by atoms with Crippen LogP contribution in [0.2, 0.25) is 0 Å². The van der Waals surface area contributed by atoms with Gasteiger partial charge >= 0.3 is 0 Å². The molecule has 0 unspecified atom stereocenters. The summed E-state index contributed by atoms with van der Waals surface area (Å²) < 4.78 is 11.0. The van der Waals surface area contributed by atoms with Crippen LogP contribution in [0.15, 0.2) is 42.7 Å². The molecular weight excluding hydrogens is 368 g/mol. The Morgan fingerprint density at radius 1 is 0.931 bits per heavy atom. The standard InChI is InChI=1S/C20H20N8O/c1-26-8-7-12-5-6-14(22-19(12)26)15-9-18(27(2)25-15)23-17-10-16(29-4)13-11-21-28(3)20(13)24-17/h5-11H,1-4H3,(H,23,24). The van der Waals surface area contributed by atoms with Crippen molar-refractivity contribution in [1.82, 2.24) is 34.1 Å². The third-order valence-electron chi connectivity index (χ3n) is 5.00. The molecule has 1 N–H and O–H groups in total. The van der Waals surface area contributed by atoms with Crippen LogP contribution in [0, 0.1) is 0 Å². The fourth-order valence-corrected chi connectivity index (χ4v) is 3.44. The Hall–Kier alpha value is -3.88. The monoisotopic (exact) mass is 388 g/mol. The lowest BCUT2D eigenvalue weighted by Gasteiger charge is -2.08. The van der Waals surface area contributed by atoms with Gasteiger partial charge in [-0.05, 0) is 18.2 Å². The quantitative estimate of drug-likeness (QED) is 0.509. The molecular formula is C20H20N8O. The summed E-state index contributed by atoms with van der Waals surface area (Å²) in [6.45, 7) is 0. The number of aryl methyl sites for hydroxylation is 3. The minimum atomic E-state index is 0.651. The summed E-state index contributed by atoms with van der Waals surface area (Å²) >= 11 is 0. The molecule has 0 aliphatic rings. The van der Waals surface area contributed by atoms with Crippen LogP contribution in [0.3, 0.4) is 0 Å². The maximum atomic E-state index is 5.50. The van der Waals surface area contributed by atoms with E-state index in [4.69, 9.17) is 9.72 Å². The Bertz CT molecular complexity index is 1360. The molecule has 0 saturated carbocycles. The highest BCUT2D eigenvalue weighted by Crippen LogP contribution is 2.29. The van der Waals surface area contributed by atoms with Crippen LogP contribution in [0.4, 0.5) is 11.6 Å². The van der Waals surface area contributed by atoms with Gasteiger partial charge in [0.25, 0.3) is 0 Å². The summed E-state index contributed by atoms with van der Waals surface area (Å²) in [6.07, 6.45) is 3.75. The Kier molecular flexibility index (Phi) is 3.76. The molecule has 9 nitrogen and oxygen atoms in total. The van der Waals surface area contributed by atoms with Gasteiger partial charge in [0.2, 0.25) is 0 Å². The molecule has 0 spiro atoms. The van der Waals surface area contributed by atoms with Crippen LogP contribution in [0.5, 0.6) is 5.75 Å². The molecule has 146 valence electrons. The van der Waals surface area contributed by atoms with Gasteiger partial charge in [0.15, 0.2) is 5.65 Å². The predicted octanol–water partition coefficient (Wildman–Crippen LogP) is 3.01. The summed E-state index contributed by atoms with van der Waals surface area (Å²) in [4.78, 5) is 9.41. The number of aromatic nitrogens is 7. The van der Waals surface area contributed by atoms with E-state index in [2.05, 4.69) is 26.6 Å². The maximum absolute atomic E-state index is 5.50. The van der Waals surface area contributed by atoms with E-state index in [1.165, 1.54) is 0 Å². The molecule has 5 aromatic rings. The Morgan fingerprint density at radius 3 is 2.62 bits per heavy atom. The zero-order valence-corrected chi connectivity index (χ0v) is 16.6. The normalized spacial score (nSPS) is 11.4. The molecule has 29 heavy (non-hydrogen) atoms. The molecule has 5 rings (SSSR count). The third-order valence-corrected chi connectivity index (χ3v) is 5.00. The third kappa shape index (κ3) is 2.78. The number of nitrogens with one attached hydrogen (secondary N) is 1. The van der Waals surface area contributed by atoms with Gasteiger partial charge in [-0.1, -0.05) is 0 Å². The zero-order chi connectivity index (χ0) is 20.1. The fourth-order valence-electron chi connectivity index (χ4n) is 3.44. The van der Waals surface area contributed by atoms with Crippen molar-refractivity contribution in [2.45, 2.75) is 0 Å². The Morgan fingerprint density at radius 2 is 1.79 bits per heavy atom. The molecule has 0 bridgehead atoms. The van der Waals surface area contributed by atoms with E-state index < -0.39 is 0 Å². The predicted molar refractivity (Wildman–Crippen MR) is 111 cm³/mol. The first kappa shape index (κ1) is 17.2. The van der Waals surface area contributed by atoms with Crippen LogP contribution in [-0.4, -0.2) is 41.2 Å². The van der Waals surface area contributed by atoms with E-state index in [0.29, 0.717) is 11.6 Å². The number of pyridine rings is 2. The van der Waals surface area contributed by atoms with Crippen molar-refractivity contribution >= 4 is 33.7 Å². The van der Waals surface area contributed by atoms with E-state index in [-0.39, 0.29) is 0 Å². The highest BCUT2D eigenvalue weighted by Gasteiger charge is 2.14. The van der Waals surface area contributed by atoms with Crippen molar-refractivity contribution in [3.05, 3.63) is 42.7 Å². The van der Waals surface area contributed by atoms with Gasteiger partial charge in [0.05, 0.1) is 24.4 Å². The van der Waals surface area contributed by atoms with Gasteiger partial charge < -0.3 is 14.6 Å². The first-order valence-corrected chi connectivity index (χ1v) is 9.14. The number of nitrogens with zero attached hydrogens (tertiary/aromatic N) is 7. The minimum Gasteiger partial charge on any atom is -0.496 e. The second kappa shape index (κ2) is 6.33. The van der Waals surface area contributed by atoms with Crippen LogP contribution in [-0.2, 0) is 21.1 Å². The largest absolute Gasteiger partial charge is 0.496 e. The first-order valence-electron chi connectivity index (χ1n) is 9.14. The maximum Gasteiger partial charge on any atom is 0.163 e. The second-order valence-electron chi connectivity index (χ2n) is 6.91. The molecule has 5 heterocycles. The highest BCUT2D eigenvalue weighted by atomic mass is 16.5. The zero-order valence-electron chi connectivity index (χ0n) is 16.6. The van der Waals surface area contributed by atoms with Crippen LogP contribution < -0.4 is 10.1 Å². The number of hydrogen-bond acceptors (Lipinski definition) is 6. The van der Waals surface area contributed by atoms with Gasteiger partial charge in [-0.2, -0.15) is 10.2 Å². The number of fused-ring (bicyclic) bond motifs is 2. The fraction of sp³-hybridized carbons (Fsp3) is 0.200. The van der Waals surface area contributed by atoms with E-state index in [9.17, 15) is 0 Å². The highest BCUT2D eigenvalue weighted by molar-refractivity contribution is 5.84. The Balaban J connectivity index is 1.53. The van der Waals surface area contributed by atoms with Crippen LogP contribution in [0.1, 0.15) is 0 Å². The van der Waals surface area contributed by atoms with Crippen molar-refractivity contribution in [3.63, 3.8) is 0 Å². The summed E-state index contributed by atoms with van der Waals surface area (Å²) in [7, 11) is 7.36. The molecule has 0 aromatic carbocycles.